The van der Waals surface area contributed by atoms with Gasteiger partial charge in [-0.05, 0) is 40.8 Å². The topological polar surface area (TPSA) is 122 Å². The molecule has 5 N–H and O–H groups in total. The fourth-order valence-corrected chi connectivity index (χ4v) is 1.63. The van der Waals surface area contributed by atoms with E-state index in [1.807, 2.05) is 22.6 Å². The maximum absolute atomic E-state index is 11.4. The molecule has 0 aliphatic carbocycles. The maximum atomic E-state index is 11.4. The highest BCUT2D eigenvalue weighted by molar-refractivity contribution is 14.1. The van der Waals surface area contributed by atoms with Crippen molar-refractivity contribution in [2.45, 2.75) is 0 Å². The van der Waals surface area contributed by atoms with Gasteiger partial charge in [-0.1, -0.05) is 0 Å². The predicted molar refractivity (Wildman–Crippen MR) is 72.3 cm³/mol. The summed E-state index contributed by atoms with van der Waals surface area (Å²) in [5.74, 6) is -1.84. The van der Waals surface area contributed by atoms with Gasteiger partial charge < -0.3 is 21.5 Å². The molecule has 0 heterocycles. The Morgan fingerprint density at radius 3 is 2.56 bits per heavy atom. The number of primary amides is 1. The first-order valence-electron chi connectivity index (χ1n) is 4.76. The van der Waals surface area contributed by atoms with Crippen LogP contribution in [0, 0.1) is 3.57 Å². The summed E-state index contributed by atoms with van der Waals surface area (Å²) in [5.41, 5.74) is 4.97. The summed E-state index contributed by atoms with van der Waals surface area (Å²) in [6.07, 6.45) is 0. The van der Waals surface area contributed by atoms with Crippen LogP contribution >= 0.6 is 22.6 Å². The molecule has 0 atom stereocenters. The first-order chi connectivity index (χ1) is 8.40. The molecule has 0 bridgehead atoms. The lowest BCUT2D eigenvalue weighted by Crippen LogP contribution is -2.36. The number of aromatic carboxylic acids is 1. The van der Waals surface area contributed by atoms with Gasteiger partial charge >= 0.3 is 12.0 Å². The van der Waals surface area contributed by atoms with Crippen LogP contribution in [0.5, 0.6) is 0 Å². The van der Waals surface area contributed by atoms with E-state index in [0.717, 1.165) is 3.57 Å². The molecule has 0 unspecified atom stereocenters. The molecule has 0 radical (unpaired) electrons. The van der Waals surface area contributed by atoms with Crippen molar-refractivity contribution in [1.29, 1.82) is 0 Å². The van der Waals surface area contributed by atoms with E-state index in [9.17, 15) is 14.4 Å². The highest BCUT2D eigenvalue weighted by atomic mass is 127. The Morgan fingerprint density at radius 2 is 2.00 bits per heavy atom. The molecule has 0 aliphatic heterocycles. The van der Waals surface area contributed by atoms with Crippen molar-refractivity contribution in [2.24, 2.45) is 5.73 Å². The molecule has 0 spiro atoms. The average molecular weight is 363 g/mol. The van der Waals surface area contributed by atoms with Crippen molar-refractivity contribution in [1.82, 2.24) is 5.32 Å². The summed E-state index contributed by atoms with van der Waals surface area (Å²) in [6, 6.07) is 3.84. The van der Waals surface area contributed by atoms with Crippen LogP contribution in [0.4, 0.5) is 10.5 Å². The number of hydrogen-bond donors (Lipinski definition) is 4. The van der Waals surface area contributed by atoms with Crippen molar-refractivity contribution >= 4 is 46.2 Å². The Labute approximate surface area is 116 Å². The third-order valence-corrected chi connectivity index (χ3v) is 2.55. The van der Waals surface area contributed by atoms with Crippen LogP contribution in [0.2, 0.25) is 0 Å². The number of rotatable bonds is 4. The van der Waals surface area contributed by atoms with E-state index in [-0.39, 0.29) is 17.8 Å². The Kier molecular flexibility index (Phi) is 4.89. The zero-order valence-electron chi connectivity index (χ0n) is 9.07. The van der Waals surface area contributed by atoms with Crippen LogP contribution in [0.3, 0.4) is 0 Å². The second-order valence-corrected chi connectivity index (χ2v) is 4.51. The number of anilines is 1. The van der Waals surface area contributed by atoms with Gasteiger partial charge in [-0.25, -0.2) is 9.59 Å². The van der Waals surface area contributed by atoms with E-state index in [1.54, 1.807) is 6.07 Å². The van der Waals surface area contributed by atoms with Gasteiger partial charge in [0.15, 0.2) is 0 Å². The minimum Gasteiger partial charge on any atom is -0.478 e. The number of hydrogen-bond acceptors (Lipinski definition) is 3. The summed E-state index contributed by atoms with van der Waals surface area (Å²) < 4.78 is 0.730. The van der Waals surface area contributed by atoms with Crippen LogP contribution in [-0.2, 0) is 4.79 Å². The summed E-state index contributed by atoms with van der Waals surface area (Å²) >= 11 is 1.96. The fourth-order valence-electron chi connectivity index (χ4n) is 1.14. The Hall–Kier alpha value is -1.84. The summed E-state index contributed by atoms with van der Waals surface area (Å²) in [7, 11) is 0. The highest BCUT2D eigenvalue weighted by Gasteiger charge is 2.12. The lowest BCUT2D eigenvalue weighted by molar-refractivity contribution is -0.117. The highest BCUT2D eigenvalue weighted by Crippen LogP contribution is 2.18. The number of carboxylic acid groups (broad SMARTS) is 1. The van der Waals surface area contributed by atoms with Crippen LogP contribution < -0.4 is 16.4 Å². The predicted octanol–water partition coefficient (Wildman–Crippen LogP) is 0.596. The zero-order chi connectivity index (χ0) is 13.7. The van der Waals surface area contributed by atoms with Gasteiger partial charge in [0.25, 0.3) is 0 Å². The second kappa shape index (κ2) is 6.19. The first-order valence-corrected chi connectivity index (χ1v) is 5.84. The number of carbonyl (C=O) groups is 3. The Bertz CT molecular complexity index is 504. The van der Waals surface area contributed by atoms with Gasteiger partial charge in [-0.3, -0.25) is 4.79 Å². The van der Waals surface area contributed by atoms with Gasteiger partial charge in [0.1, 0.15) is 0 Å². The molecule has 0 aliphatic rings. The molecule has 0 aromatic heterocycles. The quantitative estimate of drug-likeness (QED) is 0.585. The van der Waals surface area contributed by atoms with Crippen molar-refractivity contribution in [2.75, 3.05) is 11.9 Å². The zero-order valence-corrected chi connectivity index (χ0v) is 11.2. The van der Waals surface area contributed by atoms with Crippen molar-refractivity contribution < 1.29 is 19.5 Å². The molecule has 1 aromatic rings. The van der Waals surface area contributed by atoms with Crippen LogP contribution in [-0.4, -0.2) is 29.6 Å². The molecule has 0 saturated heterocycles. The SMILES string of the molecule is NC(=O)CNC(=O)Nc1ccc(I)cc1C(=O)O. The third-order valence-electron chi connectivity index (χ3n) is 1.88. The summed E-state index contributed by atoms with van der Waals surface area (Å²) in [5, 5.41) is 13.5. The minimum atomic E-state index is -1.15. The average Bonchev–Trinajstić information content (AvgIpc) is 2.28. The van der Waals surface area contributed by atoms with Crippen LogP contribution in [0.25, 0.3) is 0 Å². The largest absolute Gasteiger partial charge is 0.478 e. The lowest BCUT2D eigenvalue weighted by atomic mass is 10.2. The minimum absolute atomic E-state index is 0.0314. The molecule has 0 fully saturated rings. The number of amides is 3. The molecule has 96 valence electrons. The van der Waals surface area contributed by atoms with Crippen molar-refractivity contribution in [3.63, 3.8) is 0 Å². The van der Waals surface area contributed by atoms with Gasteiger partial charge in [0, 0.05) is 3.57 Å². The summed E-state index contributed by atoms with van der Waals surface area (Å²) in [4.78, 5) is 32.8. The van der Waals surface area contributed by atoms with Crippen molar-refractivity contribution in [3.05, 3.63) is 27.3 Å². The number of carboxylic acids is 1. The standard InChI is InChI=1S/C10H10IN3O4/c11-5-1-2-7(6(3-5)9(16)17)14-10(18)13-4-8(12)15/h1-3H,4H2,(H2,12,15)(H,16,17)(H2,13,14,18). The van der Waals surface area contributed by atoms with E-state index in [0.29, 0.717) is 0 Å². The summed E-state index contributed by atoms with van der Waals surface area (Å²) in [6.45, 7) is -0.321. The van der Waals surface area contributed by atoms with E-state index in [2.05, 4.69) is 10.6 Å². The first kappa shape index (κ1) is 14.2. The van der Waals surface area contributed by atoms with Crippen molar-refractivity contribution in [3.8, 4) is 0 Å². The number of benzene rings is 1. The van der Waals surface area contributed by atoms with E-state index < -0.39 is 17.9 Å². The number of carbonyl (C=O) groups excluding carboxylic acids is 2. The molecular weight excluding hydrogens is 353 g/mol. The number of nitrogens with one attached hydrogen (secondary N) is 2. The Balaban J connectivity index is 2.81. The lowest BCUT2D eigenvalue weighted by Gasteiger charge is -2.09. The van der Waals surface area contributed by atoms with Gasteiger partial charge in [-0.2, -0.15) is 0 Å². The number of nitrogens with two attached hydrogens (primary N) is 1. The molecular formula is C10H10IN3O4. The van der Waals surface area contributed by atoms with Gasteiger partial charge in [0.05, 0.1) is 17.8 Å². The maximum Gasteiger partial charge on any atom is 0.337 e. The molecule has 1 rings (SSSR count). The molecule has 7 nitrogen and oxygen atoms in total. The molecule has 18 heavy (non-hydrogen) atoms. The third kappa shape index (κ3) is 4.20. The smallest absolute Gasteiger partial charge is 0.337 e. The van der Waals surface area contributed by atoms with Gasteiger partial charge in [0.2, 0.25) is 5.91 Å². The molecule has 3 amide bonds. The molecule has 0 saturated carbocycles. The van der Waals surface area contributed by atoms with E-state index in [1.165, 1.54) is 12.1 Å². The second-order valence-electron chi connectivity index (χ2n) is 3.27. The fraction of sp³-hybridized carbons (Fsp3) is 0.100. The van der Waals surface area contributed by atoms with E-state index >= 15 is 0 Å². The van der Waals surface area contributed by atoms with E-state index in [4.69, 9.17) is 10.8 Å². The molecule has 1 aromatic carbocycles. The van der Waals surface area contributed by atoms with Gasteiger partial charge in [-0.15, -0.1) is 0 Å². The Morgan fingerprint density at radius 1 is 1.33 bits per heavy atom. The monoisotopic (exact) mass is 363 g/mol. The number of halogens is 1. The normalized spacial score (nSPS) is 9.61. The molecule has 8 heteroatoms. The number of urea groups is 1. The van der Waals surface area contributed by atoms with Crippen LogP contribution in [0.1, 0.15) is 10.4 Å². The van der Waals surface area contributed by atoms with Crippen LogP contribution in [0.15, 0.2) is 18.2 Å².